The summed E-state index contributed by atoms with van der Waals surface area (Å²) >= 11 is 6.19. The van der Waals surface area contributed by atoms with Gasteiger partial charge in [0.25, 0.3) is 5.91 Å². The van der Waals surface area contributed by atoms with Crippen molar-refractivity contribution in [3.8, 4) is 0 Å². The van der Waals surface area contributed by atoms with E-state index in [0.717, 1.165) is 35.9 Å². The van der Waals surface area contributed by atoms with Crippen LogP contribution in [-0.2, 0) is 19.3 Å². The Morgan fingerprint density at radius 2 is 1.85 bits per heavy atom. The van der Waals surface area contributed by atoms with E-state index in [-0.39, 0.29) is 11.8 Å². The second kappa shape index (κ2) is 9.21. The molecule has 0 spiro atoms. The number of hydrogen-bond donors (Lipinski definition) is 1. The summed E-state index contributed by atoms with van der Waals surface area (Å²) in [7, 11) is 0. The Hall–Kier alpha value is -2.81. The number of carbonyl (C=O) groups excluding carboxylic acids is 1. The van der Waals surface area contributed by atoms with Crippen LogP contribution in [0.4, 0.5) is 13.2 Å². The minimum absolute atomic E-state index is 0.159. The van der Waals surface area contributed by atoms with E-state index in [9.17, 15) is 18.0 Å². The average Bonchev–Trinajstić information content (AvgIpc) is 3.48. The lowest BCUT2D eigenvalue weighted by molar-refractivity contribution is -0.141. The molecule has 1 amide bonds. The highest BCUT2D eigenvalue weighted by molar-refractivity contribution is 6.31. The molecule has 1 aliphatic rings. The summed E-state index contributed by atoms with van der Waals surface area (Å²) < 4.78 is 42.2. The molecular formula is C23H25ClF3N5O. The monoisotopic (exact) mass is 479 g/mol. The topological polar surface area (TPSA) is 64.7 Å². The van der Waals surface area contributed by atoms with Gasteiger partial charge in [0, 0.05) is 30.3 Å². The zero-order valence-electron chi connectivity index (χ0n) is 18.4. The van der Waals surface area contributed by atoms with Crippen molar-refractivity contribution in [2.75, 3.05) is 6.54 Å². The molecular weight excluding hydrogens is 455 g/mol. The number of hydrogen-bond acceptors (Lipinski definition) is 3. The van der Waals surface area contributed by atoms with Gasteiger partial charge in [0.1, 0.15) is 0 Å². The molecule has 4 rings (SSSR count). The molecule has 1 fully saturated rings. The standard InChI is InChI=1S/C23H25ClF3N5O/c1-14-21(24)15(2)32(29-14)13-16-4-6-18(7-5-16)22(33)28-10-3-11-31-19(17-8-9-17)12-20(30-31)23(25,26)27/h4-7,12,17H,3,8-11,13H2,1-2H3,(H,28,33). The number of carbonyl (C=O) groups is 1. The number of aryl methyl sites for hydroxylation is 2. The number of aromatic nitrogens is 4. The average molecular weight is 480 g/mol. The van der Waals surface area contributed by atoms with Gasteiger partial charge in [0.2, 0.25) is 0 Å². The Kier molecular flexibility index (Phi) is 6.52. The third-order valence-electron chi connectivity index (χ3n) is 5.77. The summed E-state index contributed by atoms with van der Waals surface area (Å²) in [6.45, 7) is 4.98. The predicted octanol–water partition coefficient (Wildman–Crippen LogP) is 5.11. The van der Waals surface area contributed by atoms with Gasteiger partial charge in [-0.1, -0.05) is 23.7 Å². The van der Waals surface area contributed by atoms with E-state index in [1.54, 1.807) is 12.1 Å². The third-order valence-corrected chi connectivity index (χ3v) is 6.32. The molecule has 0 radical (unpaired) electrons. The first-order chi connectivity index (χ1) is 15.6. The fourth-order valence-electron chi connectivity index (χ4n) is 3.75. The SMILES string of the molecule is Cc1nn(Cc2ccc(C(=O)NCCCn3nc(C(F)(F)F)cc3C3CC3)cc2)c(C)c1Cl. The zero-order valence-corrected chi connectivity index (χ0v) is 19.2. The first-order valence-corrected chi connectivity index (χ1v) is 11.2. The maximum atomic E-state index is 13.0. The van der Waals surface area contributed by atoms with Crippen LogP contribution in [0.2, 0.25) is 5.02 Å². The van der Waals surface area contributed by atoms with Crippen molar-refractivity contribution in [1.82, 2.24) is 24.9 Å². The Balaban J connectivity index is 1.29. The van der Waals surface area contributed by atoms with Crippen molar-refractivity contribution >= 4 is 17.5 Å². The van der Waals surface area contributed by atoms with E-state index in [2.05, 4.69) is 15.5 Å². The van der Waals surface area contributed by atoms with Gasteiger partial charge in [-0.15, -0.1) is 0 Å². The molecule has 1 aromatic carbocycles. The van der Waals surface area contributed by atoms with Gasteiger partial charge in [0.15, 0.2) is 5.69 Å². The number of alkyl halides is 3. The van der Waals surface area contributed by atoms with Crippen LogP contribution in [0.15, 0.2) is 30.3 Å². The highest BCUT2D eigenvalue weighted by atomic mass is 35.5. The molecule has 176 valence electrons. The van der Waals surface area contributed by atoms with Crippen LogP contribution in [0.1, 0.15) is 63.9 Å². The van der Waals surface area contributed by atoms with Gasteiger partial charge in [-0.25, -0.2) is 0 Å². The summed E-state index contributed by atoms with van der Waals surface area (Å²) in [5.41, 5.74) is 2.95. The molecule has 1 aliphatic carbocycles. The van der Waals surface area contributed by atoms with Crippen molar-refractivity contribution in [3.63, 3.8) is 0 Å². The lowest BCUT2D eigenvalue weighted by Crippen LogP contribution is -2.25. The Bertz CT molecular complexity index is 1150. The van der Waals surface area contributed by atoms with Crippen molar-refractivity contribution in [3.05, 3.63) is 69.3 Å². The Morgan fingerprint density at radius 1 is 1.15 bits per heavy atom. The number of nitrogens with one attached hydrogen (secondary N) is 1. The number of halogens is 4. The molecule has 2 heterocycles. The second-order valence-corrected chi connectivity index (χ2v) is 8.78. The molecule has 33 heavy (non-hydrogen) atoms. The van der Waals surface area contributed by atoms with E-state index in [1.807, 2.05) is 30.7 Å². The maximum Gasteiger partial charge on any atom is 0.435 e. The van der Waals surface area contributed by atoms with Crippen LogP contribution in [0.25, 0.3) is 0 Å². The van der Waals surface area contributed by atoms with Gasteiger partial charge in [-0.3, -0.25) is 14.2 Å². The Labute approximate surface area is 194 Å². The molecule has 6 nitrogen and oxygen atoms in total. The fourth-order valence-corrected chi connectivity index (χ4v) is 3.89. The summed E-state index contributed by atoms with van der Waals surface area (Å²) in [5, 5.41) is 11.6. The van der Waals surface area contributed by atoms with Gasteiger partial charge >= 0.3 is 6.18 Å². The second-order valence-electron chi connectivity index (χ2n) is 8.40. The zero-order chi connectivity index (χ0) is 23.8. The van der Waals surface area contributed by atoms with Gasteiger partial charge in [-0.05, 0) is 56.9 Å². The summed E-state index contributed by atoms with van der Waals surface area (Å²) in [4.78, 5) is 12.4. The smallest absolute Gasteiger partial charge is 0.352 e. The van der Waals surface area contributed by atoms with Crippen molar-refractivity contribution in [2.24, 2.45) is 0 Å². The minimum Gasteiger partial charge on any atom is -0.352 e. The van der Waals surface area contributed by atoms with Crippen LogP contribution in [0.5, 0.6) is 0 Å². The van der Waals surface area contributed by atoms with Crippen LogP contribution in [-0.4, -0.2) is 32.0 Å². The lowest BCUT2D eigenvalue weighted by Gasteiger charge is -2.09. The van der Waals surface area contributed by atoms with Gasteiger partial charge in [0.05, 0.1) is 23.0 Å². The molecule has 3 aromatic rings. The molecule has 0 atom stereocenters. The number of nitrogens with zero attached hydrogens (tertiary/aromatic N) is 4. The number of benzene rings is 1. The van der Waals surface area contributed by atoms with Crippen LogP contribution < -0.4 is 5.32 Å². The van der Waals surface area contributed by atoms with Crippen molar-refractivity contribution < 1.29 is 18.0 Å². The molecule has 0 bridgehead atoms. The van der Waals surface area contributed by atoms with Crippen LogP contribution in [0, 0.1) is 13.8 Å². The Morgan fingerprint density at radius 3 is 2.42 bits per heavy atom. The van der Waals surface area contributed by atoms with Gasteiger partial charge in [-0.2, -0.15) is 23.4 Å². The number of rotatable bonds is 8. The first kappa shape index (κ1) is 23.4. The van der Waals surface area contributed by atoms with Crippen molar-refractivity contribution in [1.29, 1.82) is 0 Å². The van der Waals surface area contributed by atoms with Crippen molar-refractivity contribution in [2.45, 2.75) is 58.3 Å². The molecule has 0 aliphatic heterocycles. The summed E-state index contributed by atoms with van der Waals surface area (Å²) in [5.74, 6) is -0.0678. The van der Waals surface area contributed by atoms with E-state index in [0.29, 0.717) is 42.3 Å². The lowest BCUT2D eigenvalue weighted by atomic mass is 10.1. The third kappa shape index (κ3) is 5.40. The van der Waals surface area contributed by atoms with Crippen LogP contribution >= 0.6 is 11.6 Å². The van der Waals surface area contributed by atoms with Gasteiger partial charge < -0.3 is 5.32 Å². The number of amides is 1. The predicted molar refractivity (Wildman–Crippen MR) is 118 cm³/mol. The molecule has 10 heteroatoms. The van der Waals surface area contributed by atoms with E-state index < -0.39 is 11.9 Å². The maximum absolute atomic E-state index is 13.0. The van der Waals surface area contributed by atoms with E-state index in [1.165, 1.54) is 4.68 Å². The largest absolute Gasteiger partial charge is 0.435 e. The molecule has 2 aromatic heterocycles. The molecule has 0 unspecified atom stereocenters. The normalized spacial score (nSPS) is 14.0. The highest BCUT2D eigenvalue weighted by Crippen LogP contribution is 2.42. The quantitative estimate of drug-likeness (QED) is 0.456. The summed E-state index contributed by atoms with van der Waals surface area (Å²) in [6.07, 6.45) is -2.18. The van der Waals surface area contributed by atoms with E-state index >= 15 is 0 Å². The fraction of sp³-hybridized carbons (Fsp3) is 0.435. The molecule has 1 N–H and O–H groups in total. The molecule has 0 saturated heterocycles. The summed E-state index contributed by atoms with van der Waals surface area (Å²) in [6, 6.07) is 8.36. The van der Waals surface area contributed by atoms with Crippen LogP contribution in [0.3, 0.4) is 0 Å². The van der Waals surface area contributed by atoms with E-state index in [4.69, 9.17) is 11.6 Å². The minimum atomic E-state index is -4.45. The highest BCUT2D eigenvalue weighted by Gasteiger charge is 2.37. The first-order valence-electron chi connectivity index (χ1n) is 10.8. The molecule has 1 saturated carbocycles.